The van der Waals surface area contributed by atoms with Crippen molar-refractivity contribution in [1.29, 1.82) is 0 Å². The predicted molar refractivity (Wildman–Crippen MR) is 69.7 cm³/mol. The molecule has 1 unspecified atom stereocenters. The zero-order valence-corrected chi connectivity index (χ0v) is 10.1. The molecule has 0 aliphatic rings. The first kappa shape index (κ1) is 10.9. The van der Waals surface area contributed by atoms with Crippen LogP contribution in [0.3, 0.4) is 0 Å². The molecule has 0 aliphatic heterocycles. The largest absolute Gasteiger partial charge is 0.382 e. The maximum absolute atomic E-state index is 4.35. The van der Waals surface area contributed by atoms with Gasteiger partial charge in [0.2, 0.25) is 0 Å². The van der Waals surface area contributed by atoms with Crippen LogP contribution in [-0.2, 0) is 0 Å². The summed E-state index contributed by atoms with van der Waals surface area (Å²) in [6.07, 6.45) is 1.83. The Hall–Kier alpha value is -1.57. The SMILES string of the molecule is CC(C)C(C)Nc1cccc2ncccc12. The maximum atomic E-state index is 4.35. The van der Waals surface area contributed by atoms with E-state index >= 15 is 0 Å². The zero-order valence-electron chi connectivity index (χ0n) is 10.1. The highest BCUT2D eigenvalue weighted by Crippen LogP contribution is 2.22. The minimum absolute atomic E-state index is 0.464. The normalized spacial score (nSPS) is 13.0. The molecule has 2 rings (SSSR count). The highest BCUT2D eigenvalue weighted by atomic mass is 14.9. The quantitative estimate of drug-likeness (QED) is 0.842. The Labute approximate surface area is 96.7 Å². The van der Waals surface area contributed by atoms with Crippen molar-refractivity contribution >= 4 is 16.6 Å². The molecule has 1 N–H and O–H groups in total. The Morgan fingerprint density at radius 2 is 1.88 bits per heavy atom. The van der Waals surface area contributed by atoms with Crippen molar-refractivity contribution < 1.29 is 0 Å². The van der Waals surface area contributed by atoms with Gasteiger partial charge < -0.3 is 5.32 Å². The van der Waals surface area contributed by atoms with Crippen LogP contribution >= 0.6 is 0 Å². The highest BCUT2D eigenvalue weighted by Gasteiger charge is 2.08. The van der Waals surface area contributed by atoms with Crippen molar-refractivity contribution in [3.63, 3.8) is 0 Å². The number of fused-ring (bicyclic) bond motifs is 1. The van der Waals surface area contributed by atoms with Gasteiger partial charge in [-0.15, -0.1) is 0 Å². The van der Waals surface area contributed by atoms with Crippen molar-refractivity contribution in [2.75, 3.05) is 5.32 Å². The summed E-state index contributed by atoms with van der Waals surface area (Å²) in [5.74, 6) is 0.618. The number of anilines is 1. The van der Waals surface area contributed by atoms with Crippen LogP contribution in [0.1, 0.15) is 20.8 Å². The fourth-order valence-electron chi connectivity index (χ4n) is 1.64. The molecular formula is C14H18N2. The summed E-state index contributed by atoms with van der Waals surface area (Å²) in [6.45, 7) is 6.65. The third-order valence-corrected chi connectivity index (χ3v) is 3.03. The highest BCUT2D eigenvalue weighted by molar-refractivity contribution is 5.91. The molecule has 0 spiro atoms. The first-order valence-electron chi connectivity index (χ1n) is 5.79. The van der Waals surface area contributed by atoms with Gasteiger partial charge in [-0.05, 0) is 37.1 Å². The Bertz CT molecular complexity index is 472. The fraction of sp³-hybridized carbons (Fsp3) is 0.357. The standard InChI is InChI=1S/C14H18N2/c1-10(2)11(3)16-14-8-4-7-13-12(14)6-5-9-15-13/h4-11,16H,1-3H3. The van der Waals surface area contributed by atoms with E-state index < -0.39 is 0 Å². The number of nitrogens with zero attached hydrogens (tertiary/aromatic N) is 1. The summed E-state index contributed by atoms with van der Waals surface area (Å²) in [6, 6.07) is 10.8. The lowest BCUT2D eigenvalue weighted by Gasteiger charge is -2.19. The number of benzene rings is 1. The topological polar surface area (TPSA) is 24.9 Å². The molecule has 2 heteroatoms. The Morgan fingerprint density at radius 3 is 2.62 bits per heavy atom. The summed E-state index contributed by atoms with van der Waals surface area (Å²) in [5, 5.41) is 4.74. The van der Waals surface area contributed by atoms with E-state index in [4.69, 9.17) is 0 Å². The molecule has 1 aromatic carbocycles. The third kappa shape index (κ3) is 2.16. The second-order valence-electron chi connectivity index (χ2n) is 4.55. The number of hydrogen-bond acceptors (Lipinski definition) is 2. The van der Waals surface area contributed by atoms with Gasteiger partial charge >= 0.3 is 0 Å². The zero-order chi connectivity index (χ0) is 11.5. The van der Waals surface area contributed by atoms with Crippen molar-refractivity contribution in [3.05, 3.63) is 36.5 Å². The van der Waals surface area contributed by atoms with E-state index in [1.807, 2.05) is 24.4 Å². The average molecular weight is 214 g/mol. The first-order valence-corrected chi connectivity index (χ1v) is 5.79. The molecular weight excluding hydrogens is 196 g/mol. The summed E-state index contributed by atoms with van der Waals surface area (Å²) in [4.78, 5) is 4.35. The van der Waals surface area contributed by atoms with Crippen LogP contribution in [0.5, 0.6) is 0 Å². The van der Waals surface area contributed by atoms with E-state index in [1.165, 1.54) is 11.1 Å². The van der Waals surface area contributed by atoms with Crippen molar-refractivity contribution in [2.24, 2.45) is 5.92 Å². The predicted octanol–water partition coefficient (Wildman–Crippen LogP) is 3.69. The second kappa shape index (κ2) is 4.52. The molecule has 1 heterocycles. The van der Waals surface area contributed by atoms with Crippen LogP contribution in [-0.4, -0.2) is 11.0 Å². The number of aromatic nitrogens is 1. The lowest BCUT2D eigenvalue weighted by molar-refractivity contribution is 0.560. The van der Waals surface area contributed by atoms with Gasteiger partial charge in [0.25, 0.3) is 0 Å². The fourth-order valence-corrected chi connectivity index (χ4v) is 1.64. The van der Waals surface area contributed by atoms with E-state index in [1.54, 1.807) is 0 Å². The van der Waals surface area contributed by atoms with Gasteiger partial charge in [0.15, 0.2) is 0 Å². The molecule has 0 aliphatic carbocycles. The van der Waals surface area contributed by atoms with Gasteiger partial charge in [-0.2, -0.15) is 0 Å². The number of nitrogens with one attached hydrogen (secondary N) is 1. The minimum atomic E-state index is 0.464. The van der Waals surface area contributed by atoms with Crippen molar-refractivity contribution in [3.8, 4) is 0 Å². The molecule has 0 saturated heterocycles. The lowest BCUT2D eigenvalue weighted by Crippen LogP contribution is -2.21. The molecule has 2 nitrogen and oxygen atoms in total. The molecule has 1 aromatic heterocycles. The van der Waals surface area contributed by atoms with Gasteiger partial charge in [0.05, 0.1) is 5.52 Å². The second-order valence-corrected chi connectivity index (χ2v) is 4.55. The number of hydrogen-bond donors (Lipinski definition) is 1. The van der Waals surface area contributed by atoms with E-state index in [0.717, 1.165) is 5.52 Å². The van der Waals surface area contributed by atoms with Crippen LogP contribution in [0, 0.1) is 5.92 Å². The number of pyridine rings is 1. The van der Waals surface area contributed by atoms with Crippen molar-refractivity contribution in [2.45, 2.75) is 26.8 Å². The molecule has 1 atom stereocenters. The minimum Gasteiger partial charge on any atom is -0.382 e. The molecule has 0 amide bonds. The smallest absolute Gasteiger partial charge is 0.0722 e. The van der Waals surface area contributed by atoms with Gasteiger partial charge in [-0.1, -0.05) is 19.9 Å². The summed E-state index contributed by atoms with van der Waals surface area (Å²) in [5.41, 5.74) is 2.22. The first-order chi connectivity index (χ1) is 7.68. The maximum Gasteiger partial charge on any atom is 0.0722 e. The summed E-state index contributed by atoms with van der Waals surface area (Å²) < 4.78 is 0. The molecule has 2 aromatic rings. The Kier molecular flexibility index (Phi) is 3.09. The number of rotatable bonds is 3. The van der Waals surface area contributed by atoms with E-state index in [9.17, 15) is 0 Å². The summed E-state index contributed by atoms with van der Waals surface area (Å²) >= 11 is 0. The van der Waals surface area contributed by atoms with Crippen molar-refractivity contribution in [1.82, 2.24) is 4.98 Å². The van der Waals surface area contributed by atoms with E-state index in [0.29, 0.717) is 12.0 Å². The van der Waals surface area contributed by atoms with Gasteiger partial charge in [-0.3, -0.25) is 4.98 Å². The van der Waals surface area contributed by atoms with Crippen LogP contribution in [0.15, 0.2) is 36.5 Å². The van der Waals surface area contributed by atoms with Crippen LogP contribution < -0.4 is 5.32 Å². The molecule has 84 valence electrons. The van der Waals surface area contributed by atoms with Crippen LogP contribution in [0.4, 0.5) is 5.69 Å². The lowest BCUT2D eigenvalue weighted by atomic mass is 10.1. The van der Waals surface area contributed by atoms with Crippen LogP contribution in [0.2, 0.25) is 0 Å². The summed E-state index contributed by atoms with van der Waals surface area (Å²) in [7, 11) is 0. The van der Waals surface area contributed by atoms with E-state index in [2.05, 4.69) is 43.2 Å². The third-order valence-electron chi connectivity index (χ3n) is 3.03. The monoisotopic (exact) mass is 214 g/mol. The molecule has 0 saturated carbocycles. The van der Waals surface area contributed by atoms with Gasteiger partial charge in [0, 0.05) is 23.3 Å². The Balaban J connectivity index is 2.37. The Morgan fingerprint density at radius 1 is 1.06 bits per heavy atom. The average Bonchev–Trinajstić information content (AvgIpc) is 2.29. The van der Waals surface area contributed by atoms with Gasteiger partial charge in [0.1, 0.15) is 0 Å². The molecule has 0 bridgehead atoms. The molecule has 0 radical (unpaired) electrons. The van der Waals surface area contributed by atoms with Crippen LogP contribution in [0.25, 0.3) is 10.9 Å². The van der Waals surface area contributed by atoms with E-state index in [-0.39, 0.29) is 0 Å². The molecule has 0 fully saturated rings. The molecule has 16 heavy (non-hydrogen) atoms. The van der Waals surface area contributed by atoms with Gasteiger partial charge in [-0.25, -0.2) is 0 Å².